The van der Waals surface area contributed by atoms with Crippen LogP contribution in [0.5, 0.6) is 5.75 Å². The van der Waals surface area contributed by atoms with Crippen molar-refractivity contribution in [3.05, 3.63) is 66.1 Å². The minimum atomic E-state index is -0.0570. The van der Waals surface area contributed by atoms with Gasteiger partial charge in [0.1, 0.15) is 5.75 Å². The van der Waals surface area contributed by atoms with Crippen LogP contribution in [0.15, 0.2) is 59.0 Å². The Morgan fingerprint density at radius 2 is 1.85 bits per heavy atom. The minimum Gasteiger partial charge on any atom is -0.496 e. The van der Waals surface area contributed by atoms with Gasteiger partial charge >= 0.3 is 0 Å². The molecule has 0 aliphatic rings. The fourth-order valence-corrected chi connectivity index (χ4v) is 2.64. The first-order valence-corrected chi connectivity index (χ1v) is 8.47. The number of benzene rings is 2. The van der Waals surface area contributed by atoms with Crippen molar-refractivity contribution in [2.45, 2.75) is 25.8 Å². The van der Waals surface area contributed by atoms with E-state index in [-0.39, 0.29) is 18.4 Å². The van der Waals surface area contributed by atoms with Crippen LogP contribution in [0.2, 0.25) is 0 Å². The SMILES string of the molecule is COc1ccccc1-c1nnc(CCC(=O)NC(C)c2ccccc2)o1. The Morgan fingerprint density at radius 3 is 2.62 bits per heavy atom. The van der Waals surface area contributed by atoms with Crippen LogP contribution in [0.25, 0.3) is 11.5 Å². The lowest BCUT2D eigenvalue weighted by atomic mass is 10.1. The number of carbonyl (C=O) groups excluding carboxylic acids is 1. The van der Waals surface area contributed by atoms with Crippen molar-refractivity contribution >= 4 is 5.91 Å². The van der Waals surface area contributed by atoms with Crippen molar-refractivity contribution in [2.24, 2.45) is 0 Å². The number of aryl methyl sites for hydroxylation is 1. The van der Waals surface area contributed by atoms with Crippen LogP contribution < -0.4 is 10.1 Å². The van der Waals surface area contributed by atoms with Crippen molar-refractivity contribution in [3.63, 3.8) is 0 Å². The van der Waals surface area contributed by atoms with E-state index in [0.29, 0.717) is 24.0 Å². The summed E-state index contributed by atoms with van der Waals surface area (Å²) in [5.41, 5.74) is 1.80. The molecule has 1 unspecified atom stereocenters. The molecule has 6 nitrogen and oxygen atoms in total. The number of nitrogens with zero attached hydrogens (tertiary/aromatic N) is 2. The number of rotatable bonds is 7. The average molecular weight is 351 g/mol. The van der Waals surface area contributed by atoms with Crippen LogP contribution in [0.1, 0.15) is 30.8 Å². The Balaban J connectivity index is 1.57. The predicted octanol–water partition coefficient (Wildman–Crippen LogP) is 3.56. The van der Waals surface area contributed by atoms with E-state index >= 15 is 0 Å². The molecule has 0 fully saturated rings. The molecular formula is C20H21N3O3. The van der Waals surface area contributed by atoms with Gasteiger partial charge in [0.15, 0.2) is 0 Å². The molecular weight excluding hydrogens is 330 g/mol. The number of aromatic nitrogens is 2. The van der Waals surface area contributed by atoms with Gasteiger partial charge in [0.25, 0.3) is 5.89 Å². The molecule has 3 aromatic rings. The molecule has 134 valence electrons. The summed E-state index contributed by atoms with van der Waals surface area (Å²) in [5, 5.41) is 11.1. The molecule has 2 aromatic carbocycles. The lowest BCUT2D eigenvalue weighted by Gasteiger charge is -2.13. The maximum atomic E-state index is 12.2. The Bertz CT molecular complexity index is 862. The fourth-order valence-electron chi connectivity index (χ4n) is 2.64. The number of amides is 1. The molecule has 0 saturated heterocycles. The van der Waals surface area contributed by atoms with E-state index in [1.54, 1.807) is 7.11 Å². The molecule has 1 aromatic heterocycles. The molecule has 1 N–H and O–H groups in total. The largest absolute Gasteiger partial charge is 0.496 e. The predicted molar refractivity (Wildman–Crippen MR) is 97.6 cm³/mol. The van der Waals surface area contributed by atoms with Crippen LogP contribution in [-0.4, -0.2) is 23.2 Å². The summed E-state index contributed by atoms with van der Waals surface area (Å²) in [5.74, 6) is 1.42. The zero-order valence-electron chi connectivity index (χ0n) is 14.8. The Labute approximate surface area is 152 Å². The van der Waals surface area contributed by atoms with Crippen LogP contribution >= 0.6 is 0 Å². The molecule has 0 radical (unpaired) electrons. The van der Waals surface area contributed by atoms with Crippen molar-refractivity contribution in [1.82, 2.24) is 15.5 Å². The normalized spacial score (nSPS) is 11.8. The fraction of sp³-hybridized carbons (Fsp3) is 0.250. The zero-order chi connectivity index (χ0) is 18.4. The molecule has 6 heteroatoms. The van der Waals surface area contributed by atoms with E-state index in [9.17, 15) is 4.79 Å². The monoisotopic (exact) mass is 351 g/mol. The number of nitrogens with one attached hydrogen (secondary N) is 1. The van der Waals surface area contributed by atoms with E-state index in [4.69, 9.17) is 9.15 Å². The van der Waals surface area contributed by atoms with Gasteiger partial charge in [0.2, 0.25) is 11.8 Å². The Hall–Kier alpha value is -3.15. The van der Waals surface area contributed by atoms with E-state index in [1.165, 1.54) is 0 Å². The summed E-state index contributed by atoms with van der Waals surface area (Å²) in [4.78, 5) is 12.2. The standard InChI is InChI=1S/C20H21N3O3/c1-14(15-8-4-3-5-9-15)21-18(24)12-13-19-22-23-20(26-19)16-10-6-7-11-17(16)25-2/h3-11,14H,12-13H2,1-2H3,(H,21,24). The first kappa shape index (κ1) is 17.7. The van der Waals surface area contributed by atoms with Crippen LogP contribution in [0, 0.1) is 0 Å². The van der Waals surface area contributed by atoms with Gasteiger partial charge in [-0.1, -0.05) is 42.5 Å². The third-order valence-corrected chi connectivity index (χ3v) is 4.05. The summed E-state index contributed by atoms with van der Waals surface area (Å²) in [6.07, 6.45) is 0.667. The van der Waals surface area contributed by atoms with Gasteiger partial charge in [0, 0.05) is 12.8 Å². The molecule has 0 aliphatic heterocycles. The van der Waals surface area contributed by atoms with Crippen LogP contribution in [-0.2, 0) is 11.2 Å². The second kappa shape index (κ2) is 8.29. The molecule has 0 aliphatic carbocycles. The lowest BCUT2D eigenvalue weighted by molar-refractivity contribution is -0.121. The second-order valence-corrected chi connectivity index (χ2v) is 5.90. The van der Waals surface area contributed by atoms with Gasteiger partial charge in [-0.15, -0.1) is 10.2 Å². The summed E-state index contributed by atoms with van der Waals surface area (Å²) >= 11 is 0. The van der Waals surface area contributed by atoms with Crippen molar-refractivity contribution in [2.75, 3.05) is 7.11 Å². The summed E-state index contributed by atoms with van der Waals surface area (Å²) in [6.45, 7) is 1.96. The van der Waals surface area contributed by atoms with Gasteiger partial charge in [0.05, 0.1) is 18.7 Å². The van der Waals surface area contributed by atoms with Gasteiger partial charge in [-0.25, -0.2) is 0 Å². The Morgan fingerprint density at radius 1 is 1.12 bits per heavy atom. The molecule has 0 saturated carbocycles. The molecule has 1 heterocycles. The first-order valence-electron chi connectivity index (χ1n) is 8.47. The maximum absolute atomic E-state index is 12.2. The average Bonchev–Trinajstić information content (AvgIpc) is 3.16. The van der Waals surface area contributed by atoms with Crippen LogP contribution in [0.3, 0.4) is 0 Å². The smallest absolute Gasteiger partial charge is 0.251 e. The number of carbonyl (C=O) groups is 1. The maximum Gasteiger partial charge on any atom is 0.251 e. The number of hydrogen-bond acceptors (Lipinski definition) is 5. The van der Waals surface area contributed by atoms with E-state index in [1.807, 2.05) is 61.5 Å². The quantitative estimate of drug-likeness (QED) is 0.704. The van der Waals surface area contributed by atoms with Gasteiger partial charge < -0.3 is 14.5 Å². The number of hydrogen-bond donors (Lipinski definition) is 1. The zero-order valence-corrected chi connectivity index (χ0v) is 14.8. The molecule has 0 bridgehead atoms. The Kier molecular flexibility index (Phi) is 5.63. The van der Waals surface area contributed by atoms with E-state index < -0.39 is 0 Å². The van der Waals surface area contributed by atoms with Crippen molar-refractivity contribution < 1.29 is 13.9 Å². The van der Waals surface area contributed by atoms with Gasteiger partial charge in [-0.3, -0.25) is 4.79 Å². The number of ether oxygens (including phenoxy) is 1. The lowest BCUT2D eigenvalue weighted by Crippen LogP contribution is -2.26. The highest BCUT2D eigenvalue weighted by molar-refractivity contribution is 5.76. The highest BCUT2D eigenvalue weighted by Gasteiger charge is 2.15. The second-order valence-electron chi connectivity index (χ2n) is 5.90. The highest BCUT2D eigenvalue weighted by atomic mass is 16.5. The van der Waals surface area contributed by atoms with E-state index in [2.05, 4.69) is 15.5 Å². The van der Waals surface area contributed by atoms with Gasteiger partial charge in [-0.05, 0) is 24.6 Å². The first-order chi connectivity index (χ1) is 12.7. The molecule has 1 atom stereocenters. The summed E-state index contributed by atoms with van der Waals surface area (Å²) < 4.78 is 11.0. The topological polar surface area (TPSA) is 77.2 Å². The summed E-state index contributed by atoms with van der Waals surface area (Å²) in [6, 6.07) is 17.2. The minimum absolute atomic E-state index is 0.0458. The molecule has 1 amide bonds. The van der Waals surface area contributed by atoms with Crippen molar-refractivity contribution in [1.29, 1.82) is 0 Å². The van der Waals surface area contributed by atoms with Crippen LogP contribution in [0.4, 0.5) is 0 Å². The third kappa shape index (κ3) is 4.27. The molecule has 0 spiro atoms. The number of methoxy groups -OCH3 is 1. The molecule has 26 heavy (non-hydrogen) atoms. The van der Waals surface area contributed by atoms with Gasteiger partial charge in [-0.2, -0.15) is 0 Å². The third-order valence-electron chi connectivity index (χ3n) is 4.05. The molecule has 3 rings (SSSR count). The van der Waals surface area contributed by atoms with Crippen molar-refractivity contribution in [3.8, 4) is 17.2 Å². The summed E-state index contributed by atoms with van der Waals surface area (Å²) in [7, 11) is 1.59. The number of para-hydroxylation sites is 1. The van der Waals surface area contributed by atoms with E-state index in [0.717, 1.165) is 11.1 Å². The highest BCUT2D eigenvalue weighted by Crippen LogP contribution is 2.28.